The van der Waals surface area contributed by atoms with Gasteiger partial charge < -0.3 is 0 Å². The van der Waals surface area contributed by atoms with Gasteiger partial charge in [-0.1, -0.05) is 6.92 Å². The van der Waals surface area contributed by atoms with E-state index in [9.17, 15) is 0 Å². The summed E-state index contributed by atoms with van der Waals surface area (Å²) < 4.78 is 0. The lowest BCUT2D eigenvalue weighted by molar-refractivity contribution is -0.136. The zero-order chi connectivity index (χ0) is 5.98. The summed E-state index contributed by atoms with van der Waals surface area (Å²) in [7, 11) is 0. The lowest BCUT2D eigenvalue weighted by Crippen LogP contribution is -2.17. The molecule has 0 N–H and O–H groups in total. The van der Waals surface area contributed by atoms with E-state index in [4.69, 9.17) is 4.84 Å². The van der Waals surface area contributed by atoms with Crippen molar-refractivity contribution in [2.24, 2.45) is 0 Å². The van der Waals surface area contributed by atoms with Crippen molar-refractivity contribution in [2.75, 3.05) is 13.1 Å². The van der Waals surface area contributed by atoms with Crippen molar-refractivity contribution >= 4 is 0 Å². The summed E-state index contributed by atoms with van der Waals surface area (Å²) in [5.41, 5.74) is 0. The maximum Gasteiger partial charge on any atom is 0.0778 e. The zero-order valence-corrected chi connectivity index (χ0v) is 5.55. The van der Waals surface area contributed by atoms with Gasteiger partial charge in [0.1, 0.15) is 0 Å². The Morgan fingerprint density at radius 1 is 1.75 bits per heavy atom. The molecule has 1 unspecified atom stereocenters. The molecule has 0 aromatic rings. The first-order valence-corrected chi connectivity index (χ1v) is 3.24. The highest BCUT2D eigenvalue weighted by Crippen LogP contribution is 2.10. The molecule has 1 saturated heterocycles. The van der Waals surface area contributed by atoms with Crippen LogP contribution >= 0.6 is 0 Å². The van der Waals surface area contributed by atoms with E-state index in [1.54, 1.807) is 0 Å². The van der Waals surface area contributed by atoms with Crippen LogP contribution in [0.15, 0.2) is 0 Å². The van der Waals surface area contributed by atoms with Gasteiger partial charge in [0.05, 0.1) is 6.10 Å². The average Bonchev–Trinajstić information content (AvgIpc) is 2.14. The SMILES string of the molecule is CCN1CCC(C)O1. The minimum Gasteiger partial charge on any atom is -0.296 e. The van der Waals surface area contributed by atoms with E-state index in [0.29, 0.717) is 6.10 Å². The Hall–Kier alpha value is -0.0800. The van der Waals surface area contributed by atoms with Gasteiger partial charge >= 0.3 is 0 Å². The first-order chi connectivity index (χ1) is 3.83. The van der Waals surface area contributed by atoms with Crippen molar-refractivity contribution in [3.8, 4) is 0 Å². The summed E-state index contributed by atoms with van der Waals surface area (Å²) in [6.07, 6.45) is 1.64. The van der Waals surface area contributed by atoms with Crippen LogP contribution in [0.3, 0.4) is 0 Å². The van der Waals surface area contributed by atoms with Crippen LogP contribution in [-0.2, 0) is 4.84 Å². The van der Waals surface area contributed by atoms with E-state index in [2.05, 4.69) is 13.8 Å². The molecule has 0 spiro atoms. The number of hydrogen-bond acceptors (Lipinski definition) is 2. The van der Waals surface area contributed by atoms with Crippen LogP contribution in [0.5, 0.6) is 0 Å². The van der Waals surface area contributed by atoms with Gasteiger partial charge in [0.15, 0.2) is 0 Å². The topological polar surface area (TPSA) is 12.5 Å². The number of hydroxylamine groups is 2. The Kier molecular flexibility index (Phi) is 1.86. The summed E-state index contributed by atoms with van der Waals surface area (Å²) in [5.74, 6) is 0. The molecule has 0 aromatic heterocycles. The fourth-order valence-corrected chi connectivity index (χ4v) is 0.918. The van der Waals surface area contributed by atoms with Crippen LogP contribution in [-0.4, -0.2) is 24.3 Å². The van der Waals surface area contributed by atoms with Crippen molar-refractivity contribution in [1.82, 2.24) is 5.06 Å². The third-order valence-electron chi connectivity index (χ3n) is 1.47. The van der Waals surface area contributed by atoms with Gasteiger partial charge in [-0.3, -0.25) is 4.84 Å². The Bertz CT molecular complexity index is 74.9. The third kappa shape index (κ3) is 1.20. The second kappa shape index (κ2) is 2.46. The smallest absolute Gasteiger partial charge is 0.0778 e. The number of nitrogens with zero attached hydrogens (tertiary/aromatic N) is 1. The number of hydrogen-bond donors (Lipinski definition) is 0. The summed E-state index contributed by atoms with van der Waals surface area (Å²) in [4.78, 5) is 5.34. The molecule has 1 aliphatic heterocycles. The highest BCUT2D eigenvalue weighted by molar-refractivity contribution is 4.58. The molecule has 0 bridgehead atoms. The highest BCUT2D eigenvalue weighted by atomic mass is 16.7. The Morgan fingerprint density at radius 2 is 2.50 bits per heavy atom. The van der Waals surface area contributed by atoms with E-state index in [1.807, 2.05) is 5.06 Å². The zero-order valence-electron chi connectivity index (χ0n) is 5.55. The minimum atomic E-state index is 0.454. The molecule has 0 aliphatic carbocycles. The second-order valence-corrected chi connectivity index (χ2v) is 2.23. The van der Waals surface area contributed by atoms with E-state index < -0.39 is 0 Å². The summed E-state index contributed by atoms with van der Waals surface area (Å²) in [6, 6.07) is 0. The average molecular weight is 115 g/mol. The quantitative estimate of drug-likeness (QED) is 0.506. The molecule has 48 valence electrons. The third-order valence-corrected chi connectivity index (χ3v) is 1.47. The van der Waals surface area contributed by atoms with Gasteiger partial charge in [-0.15, -0.1) is 0 Å². The maximum atomic E-state index is 5.34. The van der Waals surface area contributed by atoms with Gasteiger partial charge in [-0.05, 0) is 13.3 Å². The molecule has 1 fully saturated rings. The van der Waals surface area contributed by atoms with E-state index in [0.717, 1.165) is 13.1 Å². The van der Waals surface area contributed by atoms with E-state index in [1.165, 1.54) is 6.42 Å². The van der Waals surface area contributed by atoms with Crippen molar-refractivity contribution in [2.45, 2.75) is 26.4 Å². The predicted octanol–water partition coefficient (Wildman–Crippen LogP) is 1.03. The molecule has 0 aromatic carbocycles. The Balaban J connectivity index is 2.22. The van der Waals surface area contributed by atoms with Gasteiger partial charge in [0, 0.05) is 13.1 Å². The van der Waals surface area contributed by atoms with Crippen LogP contribution in [0, 0.1) is 0 Å². The highest BCUT2D eigenvalue weighted by Gasteiger charge is 2.16. The van der Waals surface area contributed by atoms with Gasteiger partial charge in [-0.2, -0.15) is 5.06 Å². The predicted molar refractivity (Wildman–Crippen MR) is 32.4 cm³/mol. The van der Waals surface area contributed by atoms with Gasteiger partial charge in [0.2, 0.25) is 0 Å². The molecule has 2 heteroatoms. The first kappa shape index (κ1) is 6.05. The summed E-state index contributed by atoms with van der Waals surface area (Å²) in [5, 5.41) is 2.00. The van der Waals surface area contributed by atoms with Crippen molar-refractivity contribution in [3.05, 3.63) is 0 Å². The summed E-state index contributed by atoms with van der Waals surface area (Å²) in [6.45, 7) is 6.34. The molecular weight excluding hydrogens is 102 g/mol. The van der Waals surface area contributed by atoms with Crippen LogP contribution < -0.4 is 0 Å². The largest absolute Gasteiger partial charge is 0.296 e. The van der Waals surface area contributed by atoms with Crippen molar-refractivity contribution in [3.63, 3.8) is 0 Å². The van der Waals surface area contributed by atoms with Gasteiger partial charge in [-0.25, -0.2) is 0 Å². The van der Waals surface area contributed by atoms with Crippen LogP contribution in [0.4, 0.5) is 0 Å². The number of rotatable bonds is 1. The lowest BCUT2D eigenvalue weighted by Gasteiger charge is -2.10. The molecule has 1 rings (SSSR count). The van der Waals surface area contributed by atoms with Crippen LogP contribution in [0.1, 0.15) is 20.3 Å². The molecule has 0 amide bonds. The summed E-state index contributed by atoms with van der Waals surface area (Å²) >= 11 is 0. The second-order valence-electron chi connectivity index (χ2n) is 2.23. The molecule has 1 heterocycles. The Labute approximate surface area is 50.4 Å². The first-order valence-electron chi connectivity index (χ1n) is 3.24. The van der Waals surface area contributed by atoms with Crippen molar-refractivity contribution < 1.29 is 4.84 Å². The lowest BCUT2D eigenvalue weighted by atomic mass is 10.3. The molecule has 2 nitrogen and oxygen atoms in total. The van der Waals surface area contributed by atoms with Crippen molar-refractivity contribution in [1.29, 1.82) is 0 Å². The van der Waals surface area contributed by atoms with Crippen LogP contribution in [0.25, 0.3) is 0 Å². The fraction of sp³-hybridized carbons (Fsp3) is 1.00. The molecule has 1 aliphatic rings. The van der Waals surface area contributed by atoms with Gasteiger partial charge in [0.25, 0.3) is 0 Å². The molecule has 1 atom stereocenters. The maximum absolute atomic E-state index is 5.34. The van der Waals surface area contributed by atoms with E-state index in [-0.39, 0.29) is 0 Å². The van der Waals surface area contributed by atoms with E-state index >= 15 is 0 Å². The standard InChI is InChI=1S/C6H13NO/c1-3-7-5-4-6(2)8-7/h6H,3-5H2,1-2H3. The van der Waals surface area contributed by atoms with Crippen LogP contribution in [0.2, 0.25) is 0 Å². The normalized spacial score (nSPS) is 31.5. The fourth-order valence-electron chi connectivity index (χ4n) is 0.918. The Morgan fingerprint density at radius 3 is 2.75 bits per heavy atom. The molecular formula is C6H13NO. The molecule has 0 radical (unpaired) electrons. The minimum absolute atomic E-state index is 0.454. The molecule has 0 saturated carbocycles. The molecule has 8 heavy (non-hydrogen) atoms. The monoisotopic (exact) mass is 115 g/mol.